The van der Waals surface area contributed by atoms with Gasteiger partial charge in [0, 0.05) is 47.4 Å². The number of aryl methyl sites for hydroxylation is 2. The van der Waals surface area contributed by atoms with Gasteiger partial charge in [0.2, 0.25) is 0 Å². The third-order valence-corrected chi connectivity index (χ3v) is 8.05. The predicted molar refractivity (Wildman–Crippen MR) is 155 cm³/mol. The first-order chi connectivity index (χ1) is 18.9. The van der Waals surface area contributed by atoms with Crippen molar-refractivity contribution in [3.8, 4) is 0 Å². The van der Waals surface area contributed by atoms with E-state index < -0.39 is 6.37 Å². The number of aliphatic hydroxyl groups excluding tert-OH is 1. The van der Waals surface area contributed by atoms with E-state index in [-0.39, 0.29) is 24.4 Å². The molecule has 0 bridgehead atoms. The maximum absolute atomic E-state index is 13.1. The SMILES string of the molecule is [2H]C([2H])(C)c1nc(Nc2ncc(C(=O)Nc3c(Cl)cc(C)c(C)c3CC)s2)cc(N2CCN(CCO)CC2C)n1. The van der Waals surface area contributed by atoms with Crippen molar-refractivity contribution in [3.05, 3.63) is 50.7 Å². The fourth-order valence-electron chi connectivity index (χ4n) is 4.71. The molecule has 4 rings (SSSR count). The van der Waals surface area contributed by atoms with Crippen LogP contribution in [0.1, 0.15) is 55.7 Å². The van der Waals surface area contributed by atoms with E-state index in [0.29, 0.717) is 45.4 Å². The fraction of sp³-hybridized carbons (Fsp3) is 0.481. The van der Waals surface area contributed by atoms with Crippen LogP contribution in [0.5, 0.6) is 0 Å². The van der Waals surface area contributed by atoms with E-state index in [1.165, 1.54) is 24.5 Å². The lowest BCUT2D eigenvalue weighted by Crippen LogP contribution is -2.52. The van der Waals surface area contributed by atoms with Crippen LogP contribution in [0.4, 0.5) is 22.5 Å². The summed E-state index contributed by atoms with van der Waals surface area (Å²) in [6.45, 7) is 12.5. The molecule has 0 saturated carbocycles. The minimum Gasteiger partial charge on any atom is -0.395 e. The lowest BCUT2D eigenvalue weighted by Gasteiger charge is -2.40. The molecule has 3 N–H and O–H groups in total. The molecule has 0 radical (unpaired) electrons. The van der Waals surface area contributed by atoms with E-state index in [2.05, 4.69) is 42.3 Å². The molecule has 1 saturated heterocycles. The summed E-state index contributed by atoms with van der Waals surface area (Å²) in [5.74, 6) is 0.750. The molecule has 1 aliphatic heterocycles. The van der Waals surface area contributed by atoms with E-state index >= 15 is 0 Å². The summed E-state index contributed by atoms with van der Waals surface area (Å²) in [6, 6.07) is 3.74. The molecule has 1 unspecified atom stereocenters. The smallest absolute Gasteiger partial charge is 0.267 e. The number of anilines is 4. The standard InChI is InChI=1S/C27H36ClN7O2S/c1-6-19-18(5)16(3)12-20(28)25(19)33-26(37)21-14-29-27(38-21)32-23-13-24(31-22(7-2)30-23)35-9-8-34(10-11-36)15-17(35)4/h12-14,17,36H,6-11,15H2,1-5H3,(H,33,37)(H,29,30,31,32)/i7D2. The zero-order chi connectivity index (χ0) is 29.2. The number of hydrogen-bond donors (Lipinski definition) is 3. The number of carbonyl (C=O) groups excluding carboxylic acids is 1. The average Bonchev–Trinajstić information content (AvgIpc) is 3.35. The molecule has 38 heavy (non-hydrogen) atoms. The fourth-order valence-corrected chi connectivity index (χ4v) is 5.76. The van der Waals surface area contributed by atoms with Gasteiger partial charge in [-0.25, -0.2) is 15.0 Å². The number of carbonyl (C=O) groups is 1. The minimum absolute atomic E-state index is 0.0588. The van der Waals surface area contributed by atoms with Gasteiger partial charge in [0.1, 0.15) is 22.3 Å². The first kappa shape index (κ1) is 25.5. The molecule has 11 heteroatoms. The van der Waals surface area contributed by atoms with Crippen molar-refractivity contribution in [2.24, 2.45) is 0 Å². The number of benzene rings is 1. The first-order valence-electron chi connectivity index (χ1n) is 13.7. The number of piperazine rings is 1. The van der Waals surface area contributed by atoms with Gasteiger partial charge < -0.3 is 20.6 Å². The second kappa shape index (κ2) is 12.4. The molecule has 204 valence electrons. The summed E-state index contributed by atoms with van der Waals surface area (Å²) in [4.78, 5) is 31.2. The zero-order valence-electron chi connectivity index (χ0n) is 24.4. The number of aliphatic hydroxyl groups is 1. The van der Waals surface area contributed by atoms with Crippen LogP contribution in [0.2, 0.25) is 5.02 Å². The summed E-state index contributed by atoms with van der Waals surface area (Å²) < 4.78 is 16.5. The normalized spacial score (nSPS) is 17.2. The third-order valence-electron chi connectivity index (χ3n) is 6.84. The van der Waals surface area contributed by atoms with Crippen LogP contribution in [-0.4, -0.2) is 69.7 Å². The zero-order valence-corrected chi connectivity index (χ0v) is 24.0. The van der Waals surface area contributed by atoms with Gasteiger partial charge in [0.15, 0.2) is 5.13 Å². The van der Waals surface area contributed by atoms with Crippen LogP contribution >= 0.6 is 22.9 Å². The number of halogens is 1. The van der Waals surface area contributed by atoms with Crippen LogP contribution in [0.3, 0.4) is 0 Å². The maximum Gasteiger partial charge on any atom is 0.267 e. The second-order valence-electron chi connectivity index (χ2n) is 9.37. The van der Waals surface area contributed by atoms with Crippen LogP contribution in [0, 0.1) is 13.8 Å². The highest BCUT2D eigenvalue weighted by Crippen LogP contribution is 2.33. The van der Waals surface area contributed by atoms with E-state index in [1.54, 1.807) is 6.07 Å². The number of rotatable bonds is 9. The van der Waals surface area contributed by atoms with Crippen LogP contribution in [0.25, 0.3) is 0 Å². The van der Waals surface area contributed by atoms with Crippen LogP contribution < -0.4 is 15.5 Å². The molecule has 1 atom stereocenters. The van der Waals surface area contributed by atoms with Crippen molar-refractivity contribution in [2.45, 2.75) is 53.5 Å². The van der Waals surface area contributed by atoms with E-state index in [9.17, 15) is 9.90 Å². The molecule has 1 amide bonds. The van der Waals surface area contributed by atoms with Crippen molar-refractivity contribution < 1.29 is 12.6 Å². The Hall–Kier alpha value is -2.79. The lowest BCUT2D eigenvalue weighted by molar-refractivity contribution is 0.103. The number of amides is 1. The molecule has 2 aromatic heterocycles. The van der Waals surface area contributed by atoms with Crippen molar-refractivity contribution >= 4 is 51.3 Å². The topological polar surface area (TPSA) is 107 Å². The molecule has 1 fully saturated rings. The van der Waals surface area contributed by atoms with Gasteiger partial charge in [0.05, 0.1) is 23.5 Å². The van der Waals surface area contributed by atoms with Gasteiger partial charge in [-0.15, -0.1) is 0 Å². The number of aromatic nitrogens is 3. The highest BCUT2D eigenvalue weighted by molar-refractivity contribution is 7.17. The highest BCUT2D eigenvalue weighted by Gasteiger charge is 2.25. The van der Waals surface area contributed by atoms with E-state index in [1.807, 2.05) is 26.8 Å². The summed E-state index contributed by atoms with van der Waals surface area (Å²) in [7, 11) is 0. The Morgan fingerprint density at radius 2 is 2.08 bits per heavy atom. The monoisotopic (exact) mass is 559 g/mol. The third kappa shape index (κ3) is 6.26. The quantitative estimate of drug-likeness (QED) is 0.342. The van der Waals surface area contributed by atoms with Crippen molar-refractivity contribution in [3.63, 3.8) is 0 Å². The van der Waals surface area contributed by atoms with E-state index in [0.717, 1.165) is 36.2 Å². The Morgan fingerprint density at radius 1 is 1.29 bits per heavy atom. The molecule has 3 heterocycles. The van der Waals surface area contributed by atoms with Crippen LogP contribution in [-0.2, 0) is 12.8 Å². The molecule has 9 nitrogen and oxygen atoms in total. The Bertz CT molecular complexity index is 1380. The van der Waals surface area contributed by atoms with Gasteiger partial charge in [-0.3, -0.25) is 9.69 Å². The van der Waals surface area contributed by atoms with E-state index in [4.69, 9.17) is 14.3 Å². The van der Waals surface area contributed by atoms with Crippen molar-refractivity contribution in [2.75, 3.05) is 48.3 Å². The Labute approximate surface area is 236 Å². The number of nitrogens with one attached hydrogen (secondary N) is 2. The number of nitrogens with zero attached hydrogens (tertiary/aromatic N) is 5. The molecule has 0 spiro atoms. The molecule has 1 aromatic carbocycles. The second-order valence-corrected chi connectivity index (χ2v) is 10.8. The van der Waals surface area contributed by atoms with Gasteiger partial charge in [-0.2, -0.15) is 0 Å². The van der Waals surface area contributed by atoms with Crippen molar-refractivity contribution in [1.29, 1.82) is 0 Å². The minimum atomic E-state index is -1.76. The number of hydrogen-bond acceptors (Lipinski definition) is 9. The number of thiazole rings is 1. The molecular formula is C27H36ClN7O2S. The highest BCUT2D eigenvalue weighted by atomic mass is 35.5. The van der Waals surface area contributed by atoms with Gasteiger partial charge in [-0.1, -0.05) is 36.8 Å². The Balaban J connectivity index is 1.56. The Morgan fingerprint density at radius 3 is 2.76 bits per heavy atom. The molecule has 3 aromatic rings. The first-order valence-corrected chi connectivity index (χ1v) is 13.9. The summed E-state index contributed by atoms with van der Waals surface area (Å²) in [6.07, 6.45) is 0.467. The largest absolute Gasteiger partial charge is 0.395 e. The maximum atomic E-state index is 13.1. The molecular weight excluding hydrogens is 522 g/mol. The lowest BCUT2D eigenvalue weighted by atomic mass is 9.99. The predicted octanol–water partition coefficient (Wildman–Crippen LogP) is 4.83. The van der Waals surface area contributed by atoms with Crippen LogP contribution in [0.15, 0.2) is 18.3 Å². The summed E-state index contributed by atoms with van der Waals surface area (Å²) in [5.41, 5.74) is 3.79. The average molecular weight is 560 g/mol. The summed E-state index contributed by atoms with van der Waals surface area (Å²) >= 11 is 7.66. The molecule has 0 aliphatic carbocycles. The van der Waals surface area contributed by atoms with Gasteiger partial charge >= 0.3 is 0 Å². The Kier molecular flexibility index (Phi) is 8.30. The summed E-state index contributed by atoms with van der Waals surface area (Å²) in [5, 5.41) is 16.3. The van der Waals surface area contributed by atoms with Gasteiger partial charge in [0.25, 0.3) is 5.91 Å². The molecule has 1 aliphatic rings. The number of β-amino-alcohol motifs (C(OH)–C–C–N with tert-alkyl or cyclic N) is 1. The van der Waals surface area contributed by atoms with Crippen molar-refractivity contribution in [1.82, 2.24) is 19.9 Å². The van der Waals surface area contributed by atoms with Gasteiger partial charge in [-0.05, 0) is 49.9 Å².